The van der Waals surface area contributed by atoms with E-state index in [2.05, 4.69) is 64.9 Å². The Morgan fingerprint density at radius 3 is 1.65 bits per heavy atom. The summed E-state index contributed by atoms with van der Waals surface area (Å²) in [5, 5.41) is 24.7. The molecule has 6 N–H and O–H groups in total. The van der Waals surface area contributed by atoms with Crippen LogP contribution in [0.2, 0.25) is 5.15 Å². The predicted octanol–water partition coefficient (Wildman–Crippen LogP) is 11.3. The molecular weight excluding hydrogens is 996 g/mol. The molecule has 0 spiro atoms. The van der Waals surface area contributed by atoms with Crippen molar-refractivity contribution < 1.29 is 19.4 Å². The third kappa shape index (κ3) is 18.7. The Kier molecular flexibility index (Phi) is 22.1. The minimum Gasteiger partial charge on any atom is -0.468 e. The summed E-state index contributed by atoms with van der Waals surface area (Å²) in [4.78, 5) is 68.7. The molecule has 20 heteroatoms. The van der Waals surface area contributed by atoms with E-state index in [1.807, 2.05) is 62.5 Å². The number of rotatable bonds is 10. The third-order valence-electron chi connectivity index (χ3n) is 11.8. The van der Waals surface area contributed by atoms with Crippen LogP contribution in [0.25, 0.3) is 67.3 Å². The summed E-state index contributed by atoms with van der Waals surface area (Å²) < 4.78 is 9.68. The Hall–Kier alpha value is -7.92. The molecule has 0 aliphatic heterocycles. The highest BCUT2D eigenvalue weighted by Crippen LogP contribution is 2.28. The van der Waals surface area contributed by atoms with Crippen LogP contribution in [-0.2, 0) is 14.3 Å². The number of pyridine rings is 3. The standard InChI is InChI=1S/C17H19N5O.C11H7ClN4.C11H8N4O.C9H15NO3.3C3H6/c23-13-3-1-12(2-4-13)20-17-14-7-10-19-16(14)21-15(22-17)11-5-8-18-9-6-11;12-9-8-3-6-14-11(8)16-10(15-9)7-1-4-13-5-2-7;16-11-8-3-6-13-10(8)14-9(15-11)7-1-4-12-5-2-7;1-4-13-7(2)5-8(6-10)9(11)12-3;3*1-2-3-1/h5-10,12-13,23H,1-4H2,(H2,19,20,21,22);1-6H,(H,14,15,16);1-6H,(H2,13,14,15,16);7-8H,4-5H2,1-3H3;3*1-3H2. The van der Waals surface area contributed by atoms with E-state index in [0.29, 0.717) is 52.7 Å². The monoisotopic (exact) mass is 1060 g/mol. The van der Waals surface area contributed by atoms with Crippen LogP contribution < -0.4 is 10.9 Å². The van der Waals surface area contributed by atoms with E-state index < -0.39 is 11.9 Å². The van der Waals surface area contributed by atoms with E-state index in [0.717, 1.165) is 70.3 Å². The Balaban J connectivity index is 0.000000143. The smallest absolute Gasteiger partial charge is 0.323 e. The predicted molar refractivity (Wildman–Crippen MR) is 299 cm³/mol. The van der Waals surface area contributed by atoms with Gasteiger partial charge in [0.15, 0.2) is 11.6 Å². The molecule has 9 aromatic rings. The molecule has 402 valence electrons. The van der Waals surface area contributed by atoms with Crippen molar-refractivity contribution in [2.45, 2.75) is 122 Å². The molecule has 9 aromatic heterocycles. The summed E-state index contributed by atoms with van der Waals surface area (Å²) in [5.74, 6) is 1.47. The number of hydrogen-bond acceptors (Lipinski definition) is 15. The topological polar surface area (TPSA) is 275 Å². The van der Waals surface area contributed by atoms with E-state index in [4.69, 9.17) is 26.6 Å². The summed E-state index contributed by atoms with van der Waals surface area (Å²) in [7, 11) is 1.28. The first-order chi connectivity index (χ1) is 37.6. The number of hydrogen-bond donors (Lipinski definition) is 6. The number of nitriles is 1. The van der Waals surface area contributed by atoms with Gasteiger partial charge in [-0.15, -0.1) is 0 Å². The maximum absolute atomic E-state index is 11.7. The van der Waals surface area contributed by atoms with Crippen molar-refractivity contribution in [1.82, 2.24) is 59.8 Å². The van der Waals surface area contributed by atoms with Gasteiger partial charge in [-0.2, -0.15) is 5.26 Å². The highest BCUT2D eigenvalue weighted by Gasteiger charge is 2.22. The van der Waals surface area contributed by atoms with Crippen LogP contribution in [0.15, 0.2) is 115 Å². The normalized spacial score (nSPS) is 16.1. The van der Waals surface area contributed by atoms with Crippen molar-refractivity contribution >= 4 is 56.5 Å². The molecule has 19 nitrogen and oxygen atoms in total. The van der Waals surface area contributed by atoms with Gasteiger partial charge in [-0.05, 0) is 101 Å². The number of halogens is 1. The van der Waals surface area contributed by atoms with Gasteiger partial charge in [0.1, 0.15) is 39.7 Å². The number of aliphatic hydroxyl groups excluding tert-OH is 1. The number of fused-ring (bicyclic) bond motifs is 3. The molecule has 0 bridgehead atoms. The van der Waals surface area contributed by atoms with Gasteiger partial charge in [0.25, 0.3) is 5.56 Å². The number of aromatic nitrogens is 12. The number of nitrogens with one attached hydrogen (secondary N) is 5. The number of carbonyl (C=O) groups is 1. The second kappa shape index (κ2) is 30.0. The average molecular weight is 1060 g/mol. The fourth-order valence-corrected chi connectivity index (χ4v) is 7.49. The number of ether oxygens (including phenoxy) is 2. The quantitative estimate of drug-likeness (QED) is 0.0549. The van der Waals surface area contributed by atoms with Crippen molar-refractivity contribution in [3.8, 4) is 40.2 Å². The largest absolute Gasteiger partial charge is 0.468 e. The number of aliphatic hydroxyl groups is 1. The second-order valence-corrected chi connectivity index (χ2v) is 19.0. The molecule has 0 radical (unpaired) electrons. The number of methoxy groups -OCH3 is 1. The van der Waals surface area contributed by atoms with Gasteiger partial charge in [0.05, 0.1) is 41.5 Å². The van der Waals surface area contributed by atoms with E-state index in [1.54, 1.807) is 67.8 Å². The van der Waals surface area contributed by atoms with Crippen LogP contribution in [-0.4, -0.2) is 103 Å². The van der Waals surface area contributed by atoms with Crippen LogP contribution >= 0.6 is 11.6 Å². The van der Waals surface area contributed by atoms with E-state index in [-0.39, 0.29) is 17.8 Å². The number of aromatic amines is 4. The van der Waals surface area contributed by atoms with Crippen LogP contribution in [0.4, 0.5) is 5.82 Å². The minimum atomic E-state index is -0.716. The highest BCUT2D eigenvalue weighted by atomic mass is 35.5. The average Bonchev–Trinajstić information content (AvgIpc) is 4.37. The van der Waals surface area contributed by atoms with Crippen molar-refractivity contribution in [2.24, 2.45) is 5.92 Å². The molecule has 0 aromatic carbocycles. The third-order valence-corrected chi connectivity index (χ3v) is 12.1. The lowest BCUT2D eigenvalue weighted by Gasteiger charge is -2.26. The van der Waals surface area contributed by atoms with Gasteiger partial charge >= 0.3 is 5.97 Å². The zero-order valence-corrected chi connectivity index (χ0v) is 44.5. The highest BCUT2D eigenvalue weighted by molar-refractivity contribution is 6.34. The summed E-state index contributed by atoms with van der Waals surface area (Å²) in [6.45, 7) is 4.29. The molecule has 4 saturated carbocycles. The summed E-state index contributed by atoms with van der Waals surface area (Å²) in [5.41, 5.74) is 4.70. The Morgan fingerprint density at radius 2 is 1.16 bits per heavy atom. The molecule has 13 rings (SSSR count). The van der Waals surface area contributed by atoms with Crippen LogP contribution in [0.1, 0.15) is 104 Å². The van der Waals surface area contributed by atoms with Gasteiger partial charge in [-0.3, -0.25) is 24.5 Å². The van der Waals surface area contributed by atoms with Crippen molar-refractivity contribution in [2.75, 3.05) is 19.0 Å². The van der Waals surface area contributed by atoms with Crippen molar-refractivity contribution in [3.63, 3.8) is 0 Å². The Morgan fingerprint density at radius 1 is 0.688 bits per heavy atom. The number of nitrogens with zero attached hydrogens (tertiary/aromatic N) is 9. The van der Waals surface area contributed by atoms with Crippen molar-refractivity contribution in [1.29, 1.82) is 5.26 Å². The van der Waals surface area contributed by atoms with E-state index in [1.165, 1.54) is 64.9 Å². The first-order valence-electron chi connectivity index (χ1n) is 26.3. The second-order valence-electron chi connectivity index (χ2n) is 18.6. The molecule has 0 saturated heterocycles. The molecule has 4 fully saturated rings. The SMILES string of the molecule is C1CC1.C1CC1.C1CC1.CCOC(C)CC(C#N)C(=O)OC.Clc1nc(-c2ccncc2)nc2[nH]ccc12.O=c1[nH]c(-c2ccncc2)nc2[nH]ccc12.OC1CCC(Nc2nc(-c3ccncc3)nc3[nH]ccc23)CC1. The molecular formula is C57H67ClN14O5. The van der Waals surface area contributed by atoms with Crippen LogP contribution in [0.3, 0.4) is 0 Å². The summed E-state index contributed by atoms with van der Waals surface area (Å²) in [6, 6.07) is 18.9. The number of esters is 1. The van der Waals surface area contributed by atoms with Gasteiger partial charge in [-0.1, -0.05) is 69.4 Å². The number of carbonyl (C=O) groups excluding carboxylic acids is 1. The zero-order valence-electron chi connectivity index (χ0n) is 43.8. The number of H-pyrrole nitrogens is 4. The summed E-state index contributed by atoms with van der Waals surface area (Å²) in [6.07, 6.45) is 32.8. The molecule has 9 heterocycles. The minimum absolute atomic E-state index is 0.0891. The maximum atomic E-state index is 11.7. The van der Waals surface area contributed by atoms with Gasteiger partial charge in [0.2, 0.25) is 0 Å². The summed E-state index contributed by atoms with van der Waals surface area (Å²) >= 11 is 6.07. The van der Waals surface area contributed by atoms with Crippen LogP contribution in [0, 0.1) is 17.2 Å². The fraction of sp³-hybridized carbons (Fsp3) is 0.386. The Bertz CT molecular complexity index is 3250. The molecule has 2 atom stereocenters. The van der Waals surface area contributed by atoms with Gasteiger partial charge < -0.3 is 39.8 Å². The first-order valence-corrected chi connectivity index (χ1v) is 26.7. The Labute approximate surface area is 452 Å². The van der Waals surface area contributed by atoms with E-state index >= 15 is 0 Å². The lowest BCUT2D eigenvalue weighted by atomic mass is 9.93. The molecule has 4 aliphatic rings. The van der Waals surface area contributed by atoms with Crippen molar-refractivity contribution in [3.05, 3.63) is 126 Å². The molecule has 77 heavy (non-hydrogen) atoms. The van der Waals surface area contributed by atoms with Gasteiger partial charge in [0, 0.05) is 85.1 Å². The lowest BCUT2D eigenvalue weighted by molar-refractivity contribution is -0.144. The number of anilines is 1. The lowest BCUT2D eigenvalue weighted by Crippen LogP contribution is -2.28. The molecule has 4 aliphatic carbocycles. The first kappa shape index (κ1) is 56.8. The zero-order chi connectivity index (χ0) is 54.2. The van der Waals surface area contributed by atoms with Gasteiger partial charge in [-0.25, -0.2) is 24.9 Å². The van der Waals surface area contributed by atoms with E-state index in [9.17, 15) is 14.7 Å². The molecule has 0 amide bonds. The maximum Gasteiger partial charge on any atom is 0.323 e. The fourth-order valence-electron chi connectivity index (χ4n) is 7.25. The van der Waals surface area contributed by atoms with Crippen LogP contribution in [0.5, 0.6) is 0 Å². The molecule has 2 unspecified atom stereocenters.